The van der Waals surface area contributed by atoms with Gasteiger partial charge in [-0.15, -0.1) is 0 Å². The molecule has 7 nitrogen and oxygen atoms in total. The topological polar surface area (TPSA) is 87.7 Å². The molecular weight excluding hydrogens is 382 g/mol. The first-order valence-electron chi connectivity index (χ1n) is 9.96. The molecule has 4 rings (SSSR count). The number of methoxy groups -OCH3 is 1. The summed E-state index contributed by atoms with van der Waals surface area (Å²) in [5.41, 5.74) is 4.28. The van der Waals surface area contributed by atoms with Crippen LogP contribution in [0.25, 0.3) is 11.3 Å². The van der Waals surface area contributed by atoms with Gasteiger partial charge in [-0.1, -0.05) is 23.8 Å². The van der Waals surface area contributed by atoms with E-state index < -0.39 is 0 Å². The van der Waals surface area contributed by atoms with Gasteiger partial charge in [0, 0.05) is 24.8 Å². The summed E-state index contributed by atoms with van der Waals surface area (Å²) in [4.78, 5) is 15.0. The first-order chi connectivity index (χ1) is 14.5. The number of carbonyl (C=O) groups excluding carboxylic acids is 1. The number of amides is 1. The van der Waals surface area contributed by atoms with Crippen molar-refractivity contribution in [3.8, 4) is 22.8 Å². The number of phenolic OH excluding ortho intramolecular Hbond substituents is 1. The van der Waals surface area contributed by atoms with E-state index in [0.29, 0.717) is 36.7 Å². The van der Waals surface area contributed by atoms with Gasteiger partial charge in [0.05, 0.1) is 19.3 Å². The van der Waals surface area contributed by atoms with Crippen LogP contribution < -0.4 is 4.74 Å². The lowest BCUT2D eigenvalue weighted by atomic mass is 9.95. The van der Waals surface area contributed by atoms with E-state index in [9.17, 15) is 9.90 Å². The van der Waals surface area contributed by atoms with Gasteiger partial charge >= 0.3 is 0 Å². The summed E-state index contributed by atoms with van der Waals surface area (Å²) in [5.74, 6) is 0.727. The number of aromatic amines is 1. The Morgan fingerprint density at radius 2 is 2.07 bits per heavy atom. The number of ether oxygens (including phenoxy) is 2. The van der Waals surface area contributed by atoms with Crippen LogP contribution in [-0.4, -0.2) is 53.0 Å². The number of fused-ring (bicyclic) bond motifs is 1. The van der Waals surface area contributed by atoms with Crippen LogP contribution in [-0.2, 0) is 4.74 Å². The van der Waals surface area contributed by atoms with Crippen molar-refractivity contribution in [3.05, 3.63) is 64.8 Å². The number of H-pyrrole nitrogens is 1. The van der Waals surface area contributed by atoms with Gasteiger partial charge in [0.15, 0.2) is 0 Å². The minimum Gasteiger partial charge on any atom is -0.507 e. The zero-order valence-corrected chi connectivity index (χ0v) is 17.3. The van der Waals surface area contributed by atoms with Crippen molar-refractivity contribution < 1.29 is 19.4 Å². The largest absolute Gasteiger partial charge is 0.507 e. The molecular formula is C23H25N3O4. The normalized spacial score (nSPS) is 15.5. The van der Waals surface area contributed by atoms with Crippen LogP contribution in [0.4, 0.5) is 0 Å². The highest BCUT2D eigenvalue weighted by molar-refractivity contribution is 6.00. The summed E-state index contributed by atoms with van der Waals surface area (Å²) < 4.78 is 10.9. The van der Waals surface area contributed by atoms with Crippen LogP contribution in [0.15, 0.2) is 42.5 Å². The molecule has 0 bridgehead atoms. The fourth-order valence-electron chi connectivity index (χ4n) is 3.95. The van der Waals surface area contributed by atoms with E-state index in [1.807, 2.05) is 50.2 Å². The molecule has 156 valence electrons. The molecule has 1 atom stereocenters. The van der Waals surface area contributed by atoms with Crippen molar-refractivity contribution in [1.82, 2.24) is 15.1 Å². The number of aromatic hydroxyl groups is 1. The molecule has 30 heavy (non-hydrogen) atoms. The molecule has 1 aromatic heterocycles. The van der Waals surface area contributed by atoms with Crippen LogP contribution in [0.1, 0.15) is 40.1 Å². The lowest BCUT2D eigenvalue weighted by Gasteiger charge is -2.26. The Morgan fingerprint density at radius 3 is 2.83 bits per heavy atom. The highest BCUT2D eigenvalue weighted by atomic mass is 16.5. The highest BCUT2D eigenvalue weighted by Gasteiger charge is 2.42. The molecule has 0 spiro atoms. The molecule has 0 aliphatic carbocycles. The molecule has 0 saturated heterocycles. The van der Waals surface area contributed by atoms with Crippen molar-refractivity contribution in [1.29, 1.82) is 0 Å². The Bertz CT molecular complexity index is 1080. The number of benzene rings is 2. The maximum absolute atomic E-state index is 13.2. The van der Waals surface area contributed by atoms with Gasteiger partial charge in [-0.3, -0.25) is 9.89 Å². The summed E-state index contributed by atoms with van der Waals surface area (Å²) in [6.45, 7) is 5.29. The third-order valence-corrected chi connectivity index (χ3v) is 5.29. The molecule has 0 radical (unpaired) electrons. The van der Waals surface area contributed by atoms with Gasteiger partial charge in [-0.25, -0.2) is 0 Å². The van der Waals surface area contributed by atoms with Gasteiger partial charge in [0.25, 0.3) is 5.91 Å². The maximum atomic E-state index is 13.2. The van der Waals surface area contributed by atoms with Crippen molar-refractivity contribution in [2.45, 2.75) is 19.9 Å². The molecule has 0 unspecified atom stereocenters. The predicted molar refractivity (Wildman–Crippen MR) is 113 cm³/mol. The van der Waals surface area contributed by atoms with E-state index in [0.717, 1.165) is 22.4 Å². The fourth-order valence-corrected chi connectivity index (χ4v) is 3.95. The first kappa shape index (κ1) is 20.0. The number of phenols is 1. The Hall–Kier alpha value is -3.32. The number of carbonyl (C=O) groups is 1. The van der Waals surface area contributed by atoms with Gasteiger partial charge in [-0.05, 0) is 43.7 Å². The molecule has 0 fully saturated rings. The fraction of sp³-hybridized carbons (Fsp3) is 0.304. The van der Waals surface area contributed by atoms with Crippen LogP contribution in [0.3, 0.4) is 0 Å². The molecule has 1 amide bonds. The van der Waals surface area contributed by atoms with E-state index >= 15 is 0 Å². The van der Waals surface area contributed by atoms with Crippen LogP contribution in [0.5, 0.6) is 11.5 Å². The van der Waals surface area contributed by atoms with Crippen molar-refractivity contribution >= 4 is 5.91 Å². The molecule has 0 saturated carbocycles. The summed E-state index contributed by atoms with van der Waals surface area (Å²) in [5, 5.41) is 17.8. The standard InChI is InChI=1S/C23H25N3O4/c1-4-30-16-7-5-6-15(13-16)22-19-20(17-12-14(2)8-9-18(17)27)24-25-21(19)23(28)26(22)10-11-29-3/h5-9,12-13,22,27H,4,10-11H2,1-3H3,(H,24,25)/t22-/m0/s1. The number of aryl methyl sites for hydroxylation is 1. The predicted octanol–water partition coefficient (Wildman–Crippen LogP) is 3.68. The quantitative estimate of drug-likeness (QED) is 0.624. The summed E-state index contributed by atoms with van der Waals surface area (Å²) >= 11 is 0. The lowest BCUT2D eigenvalue weighted by molar-refractivity contribution is 0.0677. The smallest absolute Gasteiger partial charge is 0.273 e. The highest BCUT2D eigenvalue weighted by Crippen LogP contribution is 2.44. The SMILES string of the molecule is CCOc1cccc([C@H]2c3c(-c4cc(C)ccc4O)n[nH]c3C(=O)N2CCOC)c1. The molecule has 2 heterocycles. The zero-order chi connectivity index (χ0) is 21.3. The first-order valence-corrected chi connectivity index (χ1v) is 9.96. The number of rotatable bonds is 7. The molecule has 1 aliphatic rings. The third-order valence-electron chi connectivity index (χ3n) is 5.29. The Balaban J connectivity index is 1.88. The van der Waals surface area contributed by atoms with E-state index in [2.05, 4.69) is 10.2 Å². The molecule has 2 aromatic carbocycles. The number of hydrogen-bond donors (Lipinski definition) is 2. The number of nitrogens with zero attached hydrogens (tertiary/aromatic N) is 2. The van der Waals surface area contributed by atoms with Crippen LogP contribution >= 0.6 is 0 Å². The number of aromatic nitrogens is 2. The van der Waals surface area contributed by atoms with Gasteiger partial charge in [-0.2, -0.15) is 5.10 Å². The van der Waals surface area contributed by atoms with E-state index in [-0.39, 0.29) is 17.7 Å². The summed E-state index contributed by atoms with van der Waals surface area (Å²) in [6, 6.07) is 12.7. The second-order valence-corrected chi connectivity index (χ2v) is 7.28. The molecule has 3 aromatic rings. The van der Waals surface area contributed by atoms with Crippen molar-refractivity contribution in [2.24, 2.45) is 0 Å². The monoisotopic (exact) mass is 407 g/mol. The maximum Gasteiger partial charge on any atom is 0.273 e. The van der Waals surface area contributed by atoms with Gasteiger partial charge in [0.2, 0.25) is 0 Å². The number of hydrogen-bond acceptors (Lipinski definition) is 5. The molecule has 2 N–H and O–H groups in total. The van der Waals surface area contributed by atoms with Crippen molar-refractivity contribution in [2.75, 3.05) is 26.9 Å². The minimum atomic E-state index is -0.364. The summed E-state index contributed by atoms with van der Waals surface area (Å²) in [7, 11) is 1.61. The average molecular weight is 407 g/mol. The second kappa shape index (κ2) is 8.20. The average Bonchev–Trinajstić information content (AvgIpc) is 3.28. The Kier molecular flexibility index (Phi) is 5.46. The van der Waals surface area contributed by atoms with Crippen LogP contribution in [0, 0.1) is 6.92 Å². The van der Waals surface area contributed by atoms with E-state index in [4.69, 9.17) is 9.47 Å². The number of nitrogens with one attached hydrogen (secondary N) is 1. The molecule has 7 heteroatoms. The Labute approximate surface area is 175 Å². The third kappa shape index (κ3) is 3.41. The lowest BCUT2D eigenvalue weighted by Crippen LogP contribution is -2.32. The summed E-state index contributed by atoms with van der Waals surface area (Å²) in [6.07, 6.45) is 0. The molecule has 1 aliphatic heterocycles. The van der Waals surface area contributed by atoms with Gasteiger partial charge in [0.1, 0.15) is 22.9 Å². The Morgan fingerprint density at radius 1 is 1.23 bits per heavy atom. The van der Waals surface area contributed by atoms with Gasteiger partial charge < -0.3 is 19.5 Å². The zero-order valence-electron chi connectivity index (χ0n) is 17.3. The van der Waals surface area contributed by atoms with Crippen molar-refractivity contribution in [3.63, 3.8) is 0 Å². The van der Waals surface area contributed by atoms with E-state index in [1.54, 1.807) is 18.1 Å². The minimum absolute atomic E-state index is 0.125. The second-order valence-electron chi connectivity index (χ2n) is 7.28. The van der Waals surface area contributed by atoms with Crippen LogP contribution in [0.2, 0.25) is 0 Å². The van der Waals surface area contributed by atoms with E-state index in [1.165, 1.54) is 0 Å².